The van der Waals surface area contributed by atoms with Gasteiger partial charge in [-0.05, 0) is 30.9 Å². The third-order valence-corrected chi connectivity index (χ3v) is 5.04. The van der Waals surface area contributed by atoms with Gasteiger partial charge in [0.05, 0.1) is 11.8 Å². The Morgan fingerprint density at radius 1 is 1.25 bits per heavy atom. The molecule has 4 nitrogen and oxygen atoms in total. The van der Waals surface area contributed by atoms with E-state index in [4.69, 9.17) is 0 Å². The molecule has 2 aromatic rings. The van der Waals surface area contributed by atoms with Crippen LogP contribution in [0.4, 0.5) is 4.39 Å². The minimum Gasteiger partial charge on any atom is -0.387 e. The average Bonchev–Trinajstić information content (AvgIpc) is 3.38. The number of hydrogen-bond acceptors (Lipinski definition) is 3. The van der Waals surface area contributed by atoms with Crippen LogP contribution in [0.15, 0.2) is 48.7 Å². The van der Waals surface area contributed by atoms with E-state index in [0.717, 1.165) is 12.0 Å². The molecule has 0 radical (unpaired) electrons. The number of nitrogens with one attached hydrogen (secondary N) is 1. The maximum Gasteiger partial charge on any atom is 0.262 e. The highest BCUT2D eigenvalue weighted by Gasteiger charge is 2.49. The third-order valence-electron chi connectivity index (χ3n) is 5.04. The van der Waals surface area contributed by atoms with Crippen molar-refractivity contribution in [3.05, 3.63) is 65.5 Å². The lowest BCUT2D eigenvalue weighted by molar-refractivity contribution is -0.135. The molecule has 2 N–H and O–H groups in total. The fourth-order valence-corrected chi connectivity index (χ4v) is 3.57. The van der Waals surface area contributed by atoms with Gasteiger partial charge in [0.25, 0.3) is 5.91 Å². The molecule has 0 aliphatic heterocycles. The van der Waals surface area contributed by atoms with E-state index in [2.05, 4.69) is 10.3 Å². The predicted molar refractivity (Wildman–Crippen MR) is 86.9 cm³/mol. The fraction of sp³-hybridized carbons (Fsp3) is 0.368. The Morgan fingerprint density at radius 3 is 2.83 bits per heavy atom. The van der Waals surface area contributed by atoms with Gasteiger partial charge in [0.2, 0.25) is 5.67 Å². The molecule has 1 fully saturated rings. The second-order valence-corrected chi connectivity index (χ2v) is 6.62. The maximum absolute atomic E-state index is 15.5. The number of fused-ring (bicyclic) bond motifs is 1. The zero-order valence-electron chi connectivity index (χ0n) is 13.2. The minimum absolute atomic E-state index is 0.0264. The number of alkyl halides is 1. The van der Waals surface area contributed by atoms with E-state index < -0.39 is 17.7 Å². The van der Waals surface area contributed by atoms with Crippen LogP contribution in [-0.2, 0) is 10.5 Å². The van der Waals surface area contributed by atoms with Crippen molar-refractivity contribution in [3.63, 3.8) is 0 Å². The molecule has 2 aliphatic rings. The molecule has 4 atom stereocenters. The molecule has 1 amide bonds. The van der Waals surface area contributed by atoms with Crippen LogP contribution in [0, 0.1) is 0 Å². The fourth-order valence-electron chi connectivity index (χ4n) is 3.57. The van der Waals surface area contributed by atoms with Crippen molar-refractivity contribution < 1.29 is 14.3 Å². The van der Waals surface area contributed by atoms with Gasteiger partial charge in [-0.25, -0.2) is 4.39 Å². The van der Waals surface area contributed by atoms with Gasteiger partial charge in [-0.2, -0.15) is 0 Å². The normalized spacial score (nSPS) is 31.2. The van der Waals surface area contributed by atoms with E-state index in [1.54, 1.807) is 12.1 Å². The Labute approximate surface area is 139 Å². The summed E-state index contributed by atoms with van der Waals surface area (Å²) in [6.45, 7) is 0. The van der Waals surface area contributed by atoms with E-state index in [1.165, 1.54) is 6.20 Å². The van der Waals surface area contributed by atoms with Crippen molar-refractivity contribution in [1.82, 2.24) is 10.3 Å². The molecule has 4 rings (SSSR count). The van der Waals surface area contributed by atoms with Crippen LogP contribution in [0.2, 0.25) is 0 Å². The number of aliphatic hydroxyl groups excluding tert-OH is 1. The largest absolute Gasteiger partial charge is 0.387 e. The molecule has 0 spiro atoms. The Kier molecular flexibility index (Phi) is 3.61. The lowest BCUT2D eigenvalue weighted by Gasteiger charge is -2.32. The Bertz CT molecular complexity index is 767. The van der Waals surface area contributed by atoms with Crippen molar-refractivity contribution in [2.75, 3.05) is 0 Å². The summed E-state index contributed by atoms with van der Waals surface area (Å²) in [7, 11) is 0. The van der Waals surface area contributed by atoms with Crippen molar-refractivity contribution in [3.8, 4) is 0 Å². The van der Waals surface area contributed by atoms with Crippen molar-refractivity contribution in [1.29, 1.82) is 0 Å². The summed E-state index contributed by atoms with van der Waals surface area (Å²) >= 11 is 0. The first-order valence-electron chi connectivity index (χ1n) is 8.28. The van der Waals surface area contributed by atoms with Gasteiger partial charge in [0, 0.05) is 23.7 Å². The monoisotopic (exact) mass is 326 g/mol. The quantitative estimate of drug-likeness (QED) is 0.912. The molecular formula is C19H19FN2O2. The lowest BCUT2D eigenvalue weighted by Crippen LogP contribution is -2.45. The summed E-state index contributed by atoms with van der Waals surface area (Å²) in [5.74, 6) is -0.367. The van der Waals surface area contributed by atoms with Gasteiger partial charge >= 0.3 is 0 Å². The number of carbonyl (C=O) groups is 1. The SMILES string of the molecule is O=C(N[C@@H]1C[C@H]1c1ccccc1)[C@]1(F)CC[C@H](O)c2ncccc21. The predicted octanol–water partition coefficient (Wildman–Crippen LogP) is 2.75. The van der Waals surface area contributed by atoms with Crippen molar-refractivity contribution in [2.45, 2.75) is 43.0 Å². The first-order valence-corrected chi connectivity index (χ1v) is 8.28. The average molecular weight is 326 g/mol. The molecule has 5 heteroatoms. The summed E-state index contributed by atoms with van der Waals surface area (Å²) in [4.78, 5) is 16.7. The van der Waals surface area contributed by atoms with E-state index in [9.17, 15) is 9.90 Å². The molecule has 124 valence electrons. The van der Waals surface area contributed by atoms with E-state index in [0.29, 0.717) is 0 Å². The first-order chi connectivity index (χ1) is 11.6. The third kappa shape index (κ3) is 2.49. The molecule has 24 heavy (non-hydrogen) atoms. The van der Waals surface area contributed by atoms with Crippen LogP contribution in [-0.4, -0.2) is 22.0 Å². The number of amides is 1. The Morgan fingerprint density at radius 2 is 2.04 bits per heavy atom. The lowest BCUT2D eigenvalue weighted by atomic mass is 9.81. The number of benzene rings is 1. The summed E-state index contributed by atoms with van der Waals surface area (Å²) < 4.78 is 15.5. The zero-order chi connectivity index (χ0) is 16.7. The van der Waals surface area contributed by atoms with Crippen LogP contribution in [0.5, 0.6) is 0 Å². The number of carbonyl (C=O) groups excluding carboxylic acids is 1. The second kappa shape index (κ2) is 5.67. The van der Waals surface area contributed by atoms with Gasteiger partial charge in [-0.3, -0.25) is 9.78 Å². The smallest absolute Gasteiger partial charge is 0.262 e. The van der Waals surface area contributed by atoms with Crippen molar-refractivity contribution >= 4 is 5.91 Å². The van der Waals surface area contributed by atoms with Gasteiger partial charge < -0.3 is 10.4 Å². The highest BCUT2D eigenvalue weighted by molar-refractivity contribution is 5.87. The van der Waals surface area contributed by atoms with Crippen LogP contribution in [0.25, 0.3) is 0 Å². The summed E-state index contributed by atoms with van der Waals surface area (Å²) in [6.07, 6.45) is 1.70. The van der Waals surface area contributed by atoms with Gasteiger partial charge in [0.1, 0.15) is 0 Å². The number of aliphatic hydroxyl groups is 1. The molecule has 0 saturated heterocycles. The van der Waals surface area contributed by atoms with Gasteiger partial charge in [-0.1, -0.05) is 36.4 Å². The highest BCUT2D eigenvalue weighted by atomic mass is 19.1. The standard InChI is InChI=1S/C19H19FN2O2/c20-19(9-8-16(23)17-14(19)7-4-10-21-17)18(24)22-15-11-13(15)12-5-2-1-3-6-12/h1-7,10,13,15-16,23H,8-9,11H2,(H,22,24)/t13-,15+,16-,19-/m0/s1. The van der Waals surface area contributed by atoms with Crippen LogP contribution < -0.4 is 5.32 Å². The van der Waals surface area contributed by atoms with Gasteiger partial charge in [-0.15, -0.1) is 0 Å². The summed E-state index contributed by atoms with van der Waals surface area (Å²) in [6, 6.07) is 13.1. The zero-order valence-corrected chi connectivity index (χ0v) is 13.2. The molecule has 1 saturated carbocycles. The molecule has 1 aromatic heterocycles. The molecule has 0 unspecified atom stereocenters. The molecule has 2 aliphatic carbocycles. The number of aromatic nitrogens is 1. The number of nitrogens with zero attached hydrogens (tertiary/aromatic N) is 1. The summed E-state index contributed by atoms with van der Waals surface area (Å²) in [5, 5.41) is 12.8. The molecular weight excluding hydrogens is 307 g/mol. The Balaban J connectivity index is 1.52. The van der Waals surface area contributed by atoms with Crippen LogP contribution in [0.3, 0.4) is 0 Å². The molecule has 1 aromatic carbocycles. The number of halogens is 1. The molecule has 1 heterocycles. The first kappa shape index (κ1) is 15.3. The summed E-state index contributed by atoms with van der Waals surface area (Å²) in [5.41, 5.74) is -0.487. The minimum atomic E-state index is -2.12. The van der Waals surface area contributed by atoms with Crippen LogP contribution in [0.1, 0.15) is 48.1 Å². The number of pyridine rings is 1. The maximum atomic E-state index is 15.5. The number of rotatable bonds is 3. The van der Waals surface area contributed by atoms with E-state index >= 15 is 4.39 Å². The van der Waals surface area contributed by atoms with E-state index in [1.807, 2.05) is 30.3 Å². The van der Waals surface area contributed by atoms with Crippen LogP contribution >= 0.6 is 0 Å². The topological polar surface area (TPSA) is 62.2 Å². The van der Waals surface area contributed by atoms with Crippen molar-refractivity contribution in [2.24, 2.45) is 0 Å². The Hall–Kier alpha value is -2.27. The number of hydrogen-bond donors (Lipinski definition) is 2. The van der Waals surface area contributed by atoms with E-state index in [-0.39, 0.29) is 36.1 Å². The van der Waals surface area contributed by atoms with Gasteiger partial charge in [0.15, 0.2) is 0 Å². The second-order valence-electron chi connectivity index (χ2n) is 6.62. The molecule has 0 bridgehead atoms. The highest BCUT2D eigenvalue weighted by Crippen LogP contribution is 2.45.